The Balaban J connectivity index is 2.63. The van der Waals surface area contributed by atoms with Gasteiger partial charge in [-0.1, -0.05) is 0 Å². The number of hydrogen-bond donors (Lipinski definition) is 7. The highest BCUT2D eigenvalue weighted by Gasteiger charge is 2.29. The van der Waals surface area contributed by atoms with E-state index in [9.17, 15) is 28.8 Å². The molecule has 3 atom stereocenters. The van der Waals surface area contributed by atoms with Crippen LogP contribution in [0.15, 0.2) is 0 Å². The summed E-state index contributed by atoms with van der Waals surface area (Å²) in [4.78, 5) is 68.8. The number of amides is 3. The molecule has 1 aliphatic rings. The molecule has 13 heteroatoms. The molecule has 0 aromatic carbocycles. The third kappa shape index (κ3) is 9.01. The molecule has 3 amide bonds. The number of nitrogens with one attached hydrogen (secondary N) is 4. The molecule has 1 heterocycles. The third-order valence-electron chi connectivity index (χ3n) is 4.09. The second-order valence-corrected chi connectivity index (χ2v) is 6.42. The van der Waals surface area contributed by atoms with E-state index in [1.54, 1.807) is 0 Å². The van der Waals surface area contributed by atoms with E-state index in [2.05, 4.69) is 16.0 Å². The molecule has 0 aromatic rings. The highest BCUT2D eigenvalue weighted by atomic mass is 16.4. The van der Waals surface area contributed by atoms with Crippen LogP contribution in [0.3, 0.4) is 0 Å². The predicted octanol–water partition coefficient (Wildman–Crippen LogP) is -2.75. The lowest BCUT2D eigenvalue weighted by molar-refractivity contribution is -0.144. The van der Waals surface area contributed by atoms with Crippen molar-refractivity contribution in [2.75, 3.05) is 13.1 Å². The van der Waals surface area contributed by atoms with Crippen LogP contribution in [0.4, 0.5) is 0 Å². The monoisotopic (exact) mass is 416 g/mol. The second kappa shape index (κ2) is 11.6. The van der Waals surface area contributed by atoms with Crippen LogP contribution < -0.4 is 21.3 Å². The molecule has 0 bridgehead atoms. The highest BCUT2D eigenvalue weighted by Crippen LogP contribution is 2.04. The van der Waals surface area contributed by atoms with Crippen molar-refractivity contribution in [3.63, 3.8) is 0 Å². The van der Waals surface area contributed by atoms with Crippen molar-refractivity contribution in [1.29, 1.82) is 0 Å². The standard InChI is InChI=1S/C16H24N4O9/c21-11(7-18-14(26)8-2-1-5-17-8)19-10(6-13(24)25)15(27)20-9(16(28)29)3-4-12(22)23/h8-10,17H,1-7H2,(H,18,26)(H,19,21)(H,20,27)(H,22,23)(H,24,25)(H,28,29). The van der Waals surface area contributed by atoms with Gasteiger partial charge in [0.1, 0.15) is 12.1 Å². The number of rotatable bonds is 12. The van der Waals surface area contributed by atoms with Gasteiger partial charge in [-0.3, -0.25) is 24.0 Å². The zero-order chi connectivity index (χ0) is 22.0. The number of aliphatic carboxylic acids is 3. The lowest BCUT2D eigenvalue weighted by Gasteiger charge is -2.20. The molecule has 0 radical (unpaired) electrons. The topological polar surface area (TPSA) is 211 Å². The number of carboxylic acids is 3. The summed E-state index contributed by atoms with van der Waals surface area (Å²) in [6.45, 7) is 0.180. The molecule has 29 heavy (non-hydrogen) atoms. The van der Waals surface area contributed by atoms with Gasteiger partial charge in [-0.2, -0.15) is 0 Å². The average Bonchev–Trinajstić information content (AvgIpc) is 3.16. The van der Waals surface area contributed by atoms with Gasteiger partial charge in [-0.25, -0.2) is 4.79 Å². The minimum atomic E-state index is -1.60. The fourth-order valence-electron chi connectivity index (χ4n) is 2.63. The van der Waals surface area contributed by atoms with E-state index in [1.807, 2.05) is 5.32 Å². The molecule has 0 saturated carbocycles. The zero-order valence-electron chi connectivity index (χ0n) is 15.5. The van der Waals surface area contributed by atoms with E-state index in [-0.39, 0.29) is 0 Å². The molecule has 0 spiro atoms. The van der Waals surface area contributed by atoms with Crippen LogP contribution in [0.1, 0.15) is 32.1 Å². The van der Waals surface area contributed by atoms with Crippen molar-refractivity contribution >= 4 is 35.6 Å². The molecular weight excluding hydrogens is 392 g/mol. The van der Waals surface area contributed by atoms with Gasteiger partial charge in [0.05, 0.1) is 19.0 Å². The van der Waals surface area contributed by atoms with Gasteiger partial charge in [0.15, 0.2) is 0 Å². The zero-order valence-corrected chi connectivity index (χ0v) is 15.5. The van der Waals surface area contributed by atoms with E-state index in [1.165, 1.54) is 0 Å². The Labute approximate surface area is 165 Å². The van der Waals surface area contributed by atoms with Crippen LogP contribution >= 0.6 is 0 Å². The molecule has 3 unspecified atom stereocenters. The Kier molecular flexibility index (Phi) is 9.51. The fraction of sp³-hybridized carbons (Fsp3) is 0.625. The lowest BCUT2D eigenvalue weighted by Crippen LogP contribution is -2.54. The van der Waals surface area contributed by atoms with Crippen molar-refractivity contribution < 1.29 is 44.1 Å². The number of carboxylic acid groups (broad SMARTS) is 3. The molecule has 0 aromatic heterocycles. The quantitative estimate of drug-likeness (QED) is 0.174. The van der Waals surface area contributed by atoms with E-state index in [0.29, 0.717) is 13.0 Å². The number of carbonyl (C=O) groups excluding carboxylic acids is 3. The Morgan fingerprint density at radius 3 is 2.17 bits per heavy atom. The fourth-order valence-corrected chi connectivity index (χ4v) is 2.63. The SMILES string of the molecule is O=C(O)CCC(NC(=O)C(CC(=O)O)NC(=O)CNC(=O)C1CCCN1)C(=O)O. The van der Waals surface area contributed by atoms with Gasteiger partial charge >= 0.3 is 17.9 Å². The first-order valence-electron chi connectivity index (χ1n) is 8.87. The minimum absolute atomic E-state index is 0.406. The van der Waals surface area contributed by atoms with Crippen molar-refractivity contribution in [2.45, 2.75) is 50.2 Å². The van der Waals surface area contributed by atoms with E-state index >= 15 is 0 Å². The Hall–Kier alpha value is -3.22. The summed E-state index contributed by atoms with van der Waals surface area (Å²) >= 11 is 0. The maximum absolute atomic E-state index is 12.2. The summed E-state index contributed by atoms with van der Waals surface area (Å²) in [5.74, 6) is -6.54. The van der Waals surface area contributed by atoms with Crippen molar-refractivity contribution in [3.05, 3.63) is 0 Å². The van der Waals surface area contributed by atoms with Crippen molar-refractivity contribution in [1.82, 2.24) is 21.3 Å². The molecule has 0 aliphatic carbocycles. The first kappa shape index (κ1) is 23.8. The highest BCUT2D eigenvalue weighted by molar-refractivity contribution is 5.94. The van der Waals surface area contributed by atoms with E-state index in [0.717, 1.165) is 6.42 Å². The van der Waals surface area contributed by atoms with Crippen molar-refractivity contribution in [3.8, 4) is 0 Å². The Morgan fingerprint density at radius 2 is 1.66 bits per heavy atom. The molecule has 1 aliphatic heterocycles. The van der Waals surface area contributed by atoms with Crippen LogP contribution in [0.5, 0.6) is 0 Å². The number of carbonyl (C=O) groups is 6. The molecular formula is C16H24N4O9. The van der Waals surface area contributed by atoms with Gasteiger partial charge in [-0.05, 0) is 25.8 Å². The summed E-state index contributed by atoms with van der Waals surface area (Å²) in [5, 5.41) is 36.1. The third-order valence-corrected chi connectivity index (χ3v) is 4.09. The molecule has 1 saturated heterocycles. The second-order valence-electron chi connectivity index (χ2n) is 6.42. The average molecular weight is 416 g/mol. The maximum Gasteiger partial charge on any atom is 0.326 e. The summed E-state index contributed by atoms with van der Waals surface area (Å²) in [7, 11) is 0. The smallest absolute Gasteiger partial charge is 0.326 e. The van der Waals surface area contributed by atoms with Gasteiger partial charge in [-0.15, -0.1) is 0 Å². The number of hydrogen-bond acceptors (Lipinski definition) is 7. The normalized spacial score (nSPS) is 17.6. The van der Waals surface area contributed by atoms with Gasteiger partial charge in [0.2, 0.25) is 17.7 Å². The van der Waals surface area contributed by atoms with Crippen molar-refractivity contribution in [2.24, 2.45) is 0 Å². The summed E-state index contributed by atoms with van der Waals surface area (Å²) in [6, 6.07) is -3.60. The predicted molar refractivity (Wildman–Crippen MR) is 94.7 cm³/mol. The largest absolute Gasteiger partial charge is 0.481 e. The summed E-state index contributed by atoms with van der Waals surface area (Å²) < 4.78 is 0. The van der Waals surface area contributed by atoms with Crippen LogP contribution in [-0.4, -0.2) is 82.2 Å². The molecule has 1 fully saturated rings. The molecule has 162 valence electrons. The lowest BCUT2D eigenvalue weighted by atomic mass is 10.1. The molecule has 1 rings (SSSR count). The summed E-state index contributed by atoms with van der Waals surface area (Å²) in [5.41, 5.74) is 0. The van der Waals surface area contributed by atoms with Crippen LogP contribution in [0.25, 0.3) is 0 Å². The van der Waals surface area contributed by atoms with Crippen LogP contribution in [-0.2, 0) is 28.8 Å². The first-order chi connectivity index (χ1) is 13.6. The first-order valence-corrected chi connectivity index (χ1v) is 8.87. The molecule has 13 nitrogen and oxygen atoms in total. The van der Waals surface area contributed by atoms with Crippen LogP contribution in [0, 0.1) is 0 Å². The van der Waals surface area contributed by atoms with Crippen LogP contribution in [0.2, 0.25) is 0 Å². The van der Waals surface area contributed by atoms with Gasteiger partial charge < -0.3 is 36.6 Å². The molecule has 7 N–H and O–H groups in total. The maximum atomic E-state index is 12.2. The van der Waals surface area contributed by atoms with E-state index in [4.69, 9.17) is 15.3 Å². The van der Waals surface area contributed by atoms with E-state index < -0.39 is 79.6 Å². The minimum Gasteiger partial charge on any atom is -0.481 e. The Bertz CT molecular complexity index is 661. The van der Waals surface area contributed by atoms with Gasteiger partial charge in [0.25, 0.3) is 0 Å². The van der Waals surface area contributed by atoms with Gasteiger partial charge in [0, 0.05) is 6.42 Å². The summed E-state index contributed by atoms with van der Waals surface area (Å²) in [6.07, 6.45) is -0.355. The Morgan fingerprint density at radius 1 is 0.966 bits per heavy atom.